The number of rotatable bonds is 2. The van der Waals surface area contributed by atoms with Crippen molar-refractivity contribution in [2.24, 2.45) is 5.73 Å². The summed E-state index contributed by atoms with van der Waals surface area (Å²) in [6.07, 6.45) is 0. The van der Waals surface area contributed by atoms with E-state index in [2.05, 4.69) is 5.73 Å². The molecular weight excluding hydrogens is 130 g/mol. The molecular formula is C4H6ClNO2. The number of carbonyl (C=O) groups excluding carboxylic acids is 2. The minimum Gasteiger partial charge on any atom is -0.363 e. The van der Waals surface area contributed by atoms with E-state index in [1.165, 1.54) is 6.92 Å². The number of amides is 1. The Morgan fingerprint density at radius 1 is 1.62 bits per heavy atom. The van der Waals surface area contributed by atoms with Gasteiger partial charge >= 0.3 is 0 Å². The molecule has 0 radical (unpaired) electrons. The molecule has 0 fully saturated rings. The van der Waals surface area contributed by atoms with Gasteiger partial charge < -0.3 is 5.73 Å². The van der Waals surface area contributed by atoms with Gasteiger partial charge in [0.15, 0.2) is 0 Å². The lowest BCUT2D eigenvalue weighted by Gasteiger charge is -1.92. The van der Waals surface area contributed by atoms with Gasteiger partial charge in [-0.05, 0) is 6.92 Å². The monoisotopic (exact) mass is 135 g/mol. The summed E-state index contributed by atoms with van der Waals surface area (Å²) in [5.74, 6) is -1.72. The zero-order valence-corrected chi connectivity index (χ0v) is 5.11. The van der Waals surface area contributed by atoms with E-state index < -0.39 is 17.1 Å². The molecule has 1 atom stereocenters. The molecule has 0 saturated carbocycles. The molecule has 8 heavy (non-hydrogen) atoms. The summed E-state index contributed by atoms with van der Waals surface area (Å²) in [5.41, 5.74) is 4.56. The van der Waals surface area contributed by atoms with Crippen molar-refractivity contribution in [1.82, 2.24) is 0 Å². The molecule has 0 aromatic carbocycles. The molecule has 1 unspecified atom stereocenters. The first kappa shape index (κ1) is 7.43. The lowest BCUT2D eigenvalue weighted by molar-refractivity contribution is -0.135. The van der Waals surface area contributed by atoms with E-state index in [0.29, 0.717) is 0 Å². The molecule has 3 nitrogen and oxygen atoms in total. The zero-order chi connectivity index (χ0) is 6.73. The Bertz CT molecular complexity index is 121. The number of ketones is 1. The summed E-state index contributed by atoms with van der Waals surface area (Å²) >= 11 is 5.17. The molecule has 0 aromatic rings. The highest BCUT2D eigenvalue weighted by atomic mass is 35.5. The topological polar surface area (TPSA) is 60.2 Å². The molecule has 46 valence electrons. The number of alkyl halides is 1. The predicted molar refractivity (Wildman–Crippen MR) is 29.5 cm³/mol. The van der Waals surface area contributed by atoms with Crippen LogP contribution in [0.4, 0.5) is 0 Å². The van der Waals surface area contributed by atoms with Gasteiger partial charge in [-0.2, -0.15) is 0 Å². The second-order valence-electron chi connectivity index (χ2n) is 1.34. The summed E-state index contributed by atoms with van der Waals surface area (Å²) in [7, 11) is 0. The van der Waals surface area contributed by atoms with Crippen LogP contribution in [0.5, 0.6) is 0 Å². The first-order valence-electron chi connectivity index (χ1n) is 2.03. The first-order valence-corrected chi connectivity index (χ1v) is 2.47. The summed E-state index contributed by atoms with van der Waals surface area (Å²) in [6.45, 7) is 1.40. The average molecular weight is 136 g/mol. The maximum atomic E-state index is 10.2. The number of halogens is 1. The largest absolute Gasteiger partial charge is 0.363 e. The van der Waals surface area contributed by atoms with Crippen LogP contribution in [0.3, 0.4) is 0 Å². The van der Waals surface area contributed by atoms with E-state index in [-0.39, 0.29) is 0 Å². The van der Waals surface area contributed by atoms with Gasteiger partial charge in [0.05, 0.1) is 5.38 Å². The molecule has 0 heterocycles. The fourth-order valence-corrected chi connectivity index (χ4v) is 0.304. The average Bonchev–Trinajstić information content (AvgIpc) is 1.64. The molecule has 0 aromatic heterocycles. The van der Waals surface area contributed by atoms with Crippen LogP contribution < -0.4 is 5.73 Å². The van der Waals surface area contributed by atoms with Gasteiger partial charge in [0.1, 0.15) is 0 Å². The lowest BCUT2D eigenvalue weighted by Crippen LogP contribution is -2.28. The molecule has 0 spiro atoms. The molecule has 0 rings (SSSR count). The highest BCUT2D eigenvalue weighted by molar-refractivity contribution is 6.48. The smallest absolute Gasteiger partial charge is 0.286 e. The van der Waals surface area contributed by atoms with Crippen LogP contribution in [0.25, 0.3) is 0 Å². The third-order valence-corrected chi connectivity index (χ3v) is 0.802. The van der Waals surface area contributed by atoms with Gasteiger partial charge in [-0.15, -0.1) is 11.6 Å². The second-order valence-corrected chi connectivity index (χ2v) is 2.00. The summed E-state index contributed by atoms with van der Waals surface area (Å²) < 4.78 is 0. The van der Waals surface area contributed by atoms with Crippen LogP contribution in [-0.2, 0) is 9.59 Å². The molecule has 0 aliphatic heterocycles. The number of hydrogen-bond acceptors (Lipinski definition) is 2. The highest BCUT2D eigenvalue weighted by Crippen LogP contribution is 1.92. The Kier molecular flexibility index (Phi) is 2.48. The Morgan fingerprint density at radius 2 is 2.00 bits per heavy atom. The number of carbonyl (C=O) groups is 2. The van der Waals surface area contributed by atoms with Crippen LogP contribution in [0.1, 0.15) is 6.92 Å². The molecule has 0 saturated heterocycles. The molecule has 1 amide bonds. The van der Waals surface area contributed by atoms with Gasteiger partial charge in [-0.1, -0.05) is 0 Å². The fraction of sp³-hybridized carbons (Fsp3) is 0.500. The van der Waals surface area contributed by atoms with Crippen LogP contribution in [0.15, 0.2) is 0 Å². The second kappa shape index (κ2) is 2.67. The predicted octanol–water partition coefficient (Wildman–Crippen LogP) is -0.332. The van der Waals surface area contributed by atoms with Gasteiger partial charge in [0.25, 0.3) is 5.91 Å². The van der Waals surface area contributed by atoms with Crippen molar-refractivity contribution in [3.63, 3.8) is 0 Å². The van der Waals surface area contributed by atoms with Crippen molar-refractivity contribution >= 4 is 23.3 Å². The molecule has 2 N–H and O–H groups in total. The Balaban J connectivity index is 3.84. The molecule has 0 aliphatic carbocycles. The van der Waals surface area contributed by atoms with E-state index >= 15 is 0 Å². The standard InChI is InChI=1S/C4H6ClNO2/c1-2(5)3(7)4(6)8/h2H,1H3,(H2,6,8). The SMILES string of the molecule is CC(Cl)C(=O)C(N)=O. The Hall–Kier alpha value is -0.570. The van der Waals surface area contributed by atoms with Crippen molar-refractivity contribution in [2.75, 3.05) is 0 Å². The Labute approximate surface area is 51.8 Å². The van der Waals surface area contributed by atoms with E-state index in [9.17, 15) is 9.59 Å². The minimum atomic E-state index is -0.979. The van der Waals surface area contributed by atoms with Gasteiger partial charge in [0, 0.05) is 0 Å². The molecule has 0 bridgehead atoms. The lowest BCUT2D eigenvalue weighted by atomic mass is 10.3. The minimum absolute atomic E-state index is 0.744. The quantitative estimate of drug-likeness (QED) is 0.416. The number of hydrogen-bond donors (Lipinski definition) is 1. The van der Waals surface area contributed by atoms with Crippen molar-refractivity contribution in [1.29, 1.82) is 0 Å². The first-order chi connectivity index (χ1) is 3.55. The summed E-state index contributed by atoms with van der Waals surface area (Å²) in [6, 6.07) is 0. The normalized spacial score (nSPS) is 12.8. The third kappa shape index (κ3) is 1.93. The number of Topliss-reactive ketones (excluding diaryl/α,β-unsaturated/α-hetero) is 1. The maximum absolute atomic E-state index is 10.2. The van der Waals surface area contributed by atoms with Gasteiger partial charge in [-0.25, -0.2) is 0 Å². The maximum Gasteiger partial charge on any atom is 0.286 e. The van der Waals surface area contributed by atoms with Crippen LogP contribution in [0.2, 0.25) is 0 Å². The van der Waals surface area contributed by atoms with Crippen LogP contribution in [0, 0.1) is 0 Å². The molecule has 4 heteroatoms. The van der Waals surface area contributed by atoms with Crippen molar-refractivity contribution in [2.45, 2.75) is 12.3 Å². The van der Waals surface area contributed by atoms with E-state index in [1.54, 1.807) is 0 Å². The highest BCUT2D eigenvalue weighted by Gasteiger charge is 2.14. The third-order valence-electron chi connectivity index (χ3n) is 0.604. The Morgan fingerprint density at radius 3 is 2.00 bits per heavy atom. The fourth-order valence-electron chi connectivity index (χ4n) is 0.196. The van der Waals surface area contributed by atoms with Crippen molar-refractivity contribution in [3.8, 4) is 0 Å². The van der Waals surface area contributed by atoms with Crippen molar-refractivity contribution in [3.05, 3.63) is 0 Å². The van der Waals surface area contributed by atoms with E-state index in [1.807, 2.05) is 0 Å². The number of primary amides is 1. The van der Waals surface area contributed by atoms with Gasteiger partial charge in [-0.3, -0.25) is 9.59 Å². The van der Waals surface area contributed by atoms with E-state index in [0.717, 1.165) is 0 Å². The van der Waals surface area contributed by atoms with Crippen molar-refractivity contribution < 1.29 is 9.59 Å². The summed E-state index contributed by atoms with van der Waals surface area (Å²) in [4.78, 5) is 20.2. The van der Waals surface area contributed by atoms with Crippen LogP contribution in [-0.4, -0.2) is 17.1 Å². The molecule has 0 aliphatic rings. The number of nitrogens with two attached hydrogens (primary N) is 1. The summed E-state index contributed by atoms with van der Waals surface area (Å²) in [5, 5.41) is -0.799. The van der Waals surface area contributed by atoms with Crippen LogP contribution >= 0.6 is 11.6 Å². The van der Waals surface area contributed by atoms with E-state index in [4.69, 9.17) is 11.6 Å². The zero-order valence-electron chi connectivity index (χ0n) is 4.35. The van der Waals surface area contributed by atoms with Gasteiger partial charge in [0.2, 0.25) is 5.78 Å².